The van der Waals surface area contributed by atoms with Crippen LogP contribution < -0.4 is 10.2 Å². The van der Waals surface area contributed by atoms with Crippen LogP contribution in [0.1, 0.15) is 30.5 Å². The molecule has 1 saturated heterocycles. The van der Waals surface area contributed by atoms with Gasteiger partial charge in [0.2, 0.25) is 5.95 Å². The molecule has 1 N–H and O–H groups in total. The van der Waals surface area contributed by atoms with Crippen LogP contribution in [0.2, 0.25) is 0 Å². The van der Waals surface area contributed by atoms with E-state index in [1.165, 1.54) is 42.0 Å². The number of aryl methyl sites for hydroxylation is 1. The van der Waals surface area contributed by atoms with Gasteiger partial charge in [0.25, 0.3) is 0 Å². The number of nitrogens with zero attached hydrogens (tertiary/aromatic N) is 3. The molecule has 2 aromatic rings. The van der Waals surface area contributed by atoms with E-state index in [1.54, 1.807) is 0 Å². The van der Waals surface area contributed by atoms with E-state index in [0.717, 1.165) is 38.4 Å². The van der Waals surface area contributed by atoms with Gasteiger partial charge in [-0.1, -0.05) is 29.8 Å². The lowest BCUT2D eigenvalue weighted by Gasteiger charge is -2.29. The van der Waals surface area contributed by atoms with E-state index in [2.05, 4.69) is 46.0 Å². The fraction of sp³-hybridized carbons (Fsp3) is 0.500. The number of imidazole rings is 1. The average molecular weight is 296 g/mol. The predicted octanol–water partition coefficient (Wildman–Crippen LogP) is 2.95. The molecule has 2 aliphatic heterocycles. The van der Waals surface area contributed by atoms with E-state index in [9.17, 15) is 0 Å². The fourth-order valence-corrected chi connectivity index (χ4v) is 3.56. The zero-order valence-electron chi connectivity index (χ0n) is 13.3. The number of rotatable bonds is 2. The summed E-state index contributed by atoms with van der Waals surface area (Å²) in [7, 11) is 0. The number of nitrogens with one attached hydrogen (secondary N) is 1. The number of hydrogen-bond acceptors (Lipinski definition) is 3. The number of benzene rings is 1. The first-order chi connectivity index (χ1) is 10.8. The molecular weight excluding hydrogens is 272 g/mol. The normalized spacial score (nSPS) is 18.3. The monoisotopic (exact) mass is 296 g/mol. The molecule has 4 rings (SSSR count). The molecule has 4 heteroatoms. The molecule has 0 atom stereocenters. The second-order valence-electron chi connectivity index (χ2n) is 6.45. The molecule has 1 fully saturated rings. The Labute approximate surface area is 132 Å². The zero-order valence-corrected chi connectivity index (χ0v) is 13.3. The third kappa shape index (κ3) is 2.41. The van der Waals surface area contributed by atoms with Gasteiger partial charge >= 0.3 is 0 Å². The quantitative estimate of drug-likeness (QED) is 0.925. The standard InChI is InChI=1S/C18H24N4/c1-14-5-7-15(8-6-14)17-16-13-19-9-12-22(16)18(20-17)21-10-3-2-4-11-21/h5-8,19H,2-4,9-13H2,1H3. The molecular formula is C18H24N4. The van der Waals surface area contributed by atoms with Gasteiger partial charge in [-0.25, -0.2) is 4.98 Å². The van der Waals surface area contributed by atoms with Crippen LogP contribution in [-0.4, -0.2) is 29.2 Å². The third-order valence-electron chi connectivity index (χ3n) is 4.82. The molecule has 0 bridgehead atoms. The van der Waals surface area contributed by atoms with Crippen molar-refractivity contribution in [2.24, 2.45) is 0 Å². The van der Waals surface area contributed by atoms with Crippen molar-refractivity contribution in [2.45, 2.75) is 39.3 Å². The maximum Gasteiger partial charge on any atom is 0.206 e. The van der Waals surface area contributed by atoms with E-state index >= 15 is 0 Å². The van der Waals surface area contributed by atoms with Gasteiger partial charge in [0, 0.05) is 38.3 Å². The first-order valence-corrected chi connectivity index (χ1v) is 8.45. The Bertz CT molecular complexity index is 650. The van der Waals surface area contributed by atoms with Crippen LogP contribution in [0.3, 0.4) is 0 Å². The Hall–Kier alpha value is -1.81. The summed E-state index contributed by atoms with van der Waals surface area (Å²) in [6.45, 7) is 7.42. The van der Waals surface area contributed by atoms with Crippen molar-refractivity contribution in [2.75, 3.05) is 24.5 Å². The summed E-state index contributed by atoms with van der Waals surface area (Å²) < 4.78 is 2.44. The Kier molecular flexibility index (Phi) is 3.62. The molecule has 3 heterocycles. The van der Waals surface area contributed by atoms with E-state index in [-0.39, 0.29) is 0 Å². The summed E-state index contributed by atoms with van der Waals surface area (Å²) in [5, 5.41) is 3.50. The molecule has 0 radical (unpaired) electrons. The van der Waals surface area contributed by atoms with Crippen molar-refractivity contribution in [3.8, 4) is 11.3 Å². The summed E-state index contributed by atoms with van der Waals surface area (Å²) in [4.78, 5) is 7.55. The minimum Gasteiger partial charge on any atom is -0.342 e. The molecule has 116 valence electrons. The lowest BCUT2D eigenvalue weighted by Crippen LogP contribution is -2.35. The molecule has 0 aliphatic carbocycles. The van der Waals surface area contributed by atoms with Crippen molar-refractivity contribution < 1.29 is 0 Å². The van der Waals surface area contributed by atoms with E-state index < -0.39 is 0 Å². The second kappa shape index (κ2) is 5.76. The summed E-state index contributed by atoms with van der Waals surface area (Å²) >= 11 is 0. The highest BCUT2D eigenvalue weighted by atomic mass is 15.3. The molecule has 4 nitrogen and oxygen atoms in total. The molecule has 1 aromatic carbocycles. The third-order valence-corrected chi connectivity index (χ3v) is 4.82. The van der Waals surface area contributed by atoms with Crippen molar-refractivity contribution >= 4 is 5.95 Å². The number of fused-ring (bicyclic) bond motifs is 1. The summed E-state index contributed by atoms with van der Waals surface area (Å²) in [5.74, 6) is 1.19. The Morgan fingerprint density at radius 3 is 2.55 bits per heavy atom. The lowest BCUT2D eigenvalue weighted by molar-refractivity contribution is 0.498. The second-order valence-corrected chi connectivity index (χ2v) is 6.45. The molecule has 2 aliphatic rings. The molecule has 0 saturated carbocycles. The van der Waals surface area contributed by atoms with Crippen LogP contribution in [0, 0.1) is 6.92 Å². The van der Waals surface area contributed by atoms with E-state index in [1.807, 2.05) is 0 Å². The first kappa shape index (κ1) is 13.8. The van der Waals surface area contributed by atoms with Gasteiger partial charge in [-0.05, 0) is 26.2 Å². The SMILES string of the molecule is Cc1ccc(-c2nc(N3CCCCC3)n3c2CNCC3)cc1. The number of aromatic nitrogens is 2. The van der Waals surface area contributed by atoms with E-state index in [4.69, 9.17) is 4.98 Å². The topological polar surface area (TPSA) is 33.1 Å². The van der Waals surface area contributed by atoms with Crippen LogP contribution in [0.4, 0.5) is 5.95 Å². The van der Waals surface area contributed by atoms with Crippen LogP contribution in [-0.2, 0) is 13.1 Å². The lowest BCUT2D eigenvalue weighted by atomic mass is 10.1. The van der Waals surface area contributed by atoms with Crippen LogP contribution in [0.5, 0.6) is 0 Å². The largest absolute Gasteiger partial charge is 0.342 e. The van der Waals surface area contributed by atoms with Crippen molar-refractivity contribution in [1.29, 1.82) is 0 Å². The molecule has 1 aromatic heterocycles. The molecule has 22 heavy (non-hydrogen) atoms. The van der Waals surface area contributed by atoms with Gasteiger partial charge in [0.05, 0.1) is 11.4 Å². The van der Waals surface area contributed by atoms with Gasteiger partial charge in [-0.3, -0.25) is 0 Å². The number of anilines is 1. The van der Waals surface area contributed by atoms with Crippen LogP contribution in [0.25, 0.3) is 11.3 Å². The Morgan fingerprint density at radius 1 is 1.00 bits per heavy atom. The highest BCUT2D eigenvalue weighted by Gasteiger charge is 2.24. The summed E-state index contributed by atoms with van der Waals surface area (Å²) in [5.41, 5.74) is 5.04. The molecule has 0 spiro atoms. The van der Waals surface area contributed by atoms with Crippen molar-refractivity contribution in [3.63, 3.8) is 0 Å². The Morgan fingerprint density at radius 2 is 1.77 bits per heavy atom. The van der Waals surface area contributed by atoms with Gasteiger partial charge in [-0.15, -0.1) is 0 Å². The van der Waals surface area contributed by atoms with Gasteiger partial charge in [0.15, 0.2) is 0 Å². The highest BCUT2D eigenvalue weighted by molar-refractivity contribution is 5.65. The van der Waals surface area contributed by atoms with E-state index in [0.29, 0.717) is 0 Å². The fourth-order valence-electron chi connectivity index (χ4n) is 3.56. The summed E-state index contributed by atoms with van der Waals surface area (Å²) in [6.07, 6.45) is 3.94. The van der Waals surface area contributed by atoms with Gasteiger partial charge < -0.3 is 14.8 Å². The molecule has 0 amide bonds. The molecule has 0 unspecified atom stereocenters. The van der Waals surface area contributed by atoms with Crippen molar-refractivity contribution in [3.05, 3.63) is 35.5 Å². The van der Waals surface area contributed by atoms with Crippen molar-refractivity contribution in [1.82, 2.24) is 14.9 Å². The smallest absolute Gasteiger partial charge is 0.206 e. The number of hydrogen-bond donors (Lipinski definition) is 1. The first-order valence-electron chi connectivity index (χ1n) is 8.45. The average Bonchev–Trinajstić information content (AvgIpc) is 2.96. The maximum absolute atomic E-state index is 5.06. The van der Waals surface area contributed by atoms with Crippen LogP contribution >= 0.6 is 0 Å². The number of piperidine rings is 1. The van der Waals surface area contributed by atoms with Gasteiger partial charge in [0.1, 0.15) is 0 Å². The highest BCUT2D eigenvalue weighted by Crippen LogP contribution is 2.31. The maximum atomic E-state index is 5.06. The van der Waals surface area contributed by atoms with Gasteiger partial charge in [-0.2, -0.15) is 0 Å². The predicted molar refractivity (Wildman–Crippen MR) is 90.2 cm³/mol. The summed E-state index contributed by atoms with van der Waals surface area (Å²) in [6, 6.07) is 8.76. The Balaban J connectivity index is 1.78. The zero-order chi connectivity index (χ0) is 14.9. The van der Waals surface area contributed by atoms with Crippen LogP contribution in [0.15, 0.2) is 24.3 Å². The minimum atomic E-state index is 0.921. The minimum absolute atomic E-state index is 0.921.